The molecule has 2 rings (SSSR count). The lowest BCUT2D eigenvalue weighted by Gasteiger charge is -2.06. The van der Waals surface area contributed by atoms with Crippen molar-refractivity contribution in [2.24, 2.45) is 0 Å². The molecule has 2 aromatic heterocycles. The van der Waals surface area contributed by atoms with Gasteiger partial charge in [-0.1, -0.05) is 5.16 Å². The van der Waals surface area contributed by atoms with Gasteiger partial charge in [0.2, 0.25) is 0 Å². The van der Waals surface area contributed by atoms with Crippen molar-refractivity contribution in [3.05, 3.63) is 36.0 Å². The first-order valence-corrected chi connectivity index (χ1v) is 6.35. The highest BCUT2D eigenvalue weighted by Crippen LogP contribution is 2.21. The van der Waals surface area contributed by atoms with Crippen LogP contribution in [0.4, 0.5) is 5.69 Å². The number of hydrogen-bond acceptors (Lipinski definition) is 5. The monoisotopic (exact) mass is 253 g/mol. The maximum atomic E-state index is 12.1. The van der Waals surface area contributed by atoms with E-state index in [0.717, 1.165) is 0 Å². The van der Waals surface area contributed by atoms with E-state index in [1.165, 1.54) is 6.20 Å². The van der Waals surface area contributed by atoms with Crippen LogP contribution in [0.15, 0.2) is 33.9 Å². The second-order valence-electron chi connectivity index (χ2n) is 3.50. The van der Waals surface area contributed by atoms with Crippen LogP contribution in [0.2, 0.25) is 0 Å². The molecule has 0 bridgehead atoms. The van der Waals surface area contributed by atoms with E-state index in [-0.39, 0.29) is 10.7 Å². The highest BCUT2D eigenvalue weighted by Gasteiger charge is 2.24. The van der Waals surface area contributed by atoms with Gasteiger partial charge in [0.1, 0.15) is 5.69 Å². The summed E-state index contributed by atoms with van der Waals surface area (Å²) in [7, 11) is -3.68. The molecular weight excluding hydrogens is 242 g/mol. The fourth-order valence-corrected chi connectivity index (χ4v) is 2.86. The third-order valence-corrected chi connectivity index (χ3v) is 3.78. The number of nitrogens with one attached hydrogen (secondary N) is 1. The van der Waals surface area contributed by atoms with Gasteiger partial charge in [0.05, 0.1) is 11.9 Å². The molecule has 0 aromatic carbocycles. The number of rotatable bonds is 3. The predicted molar refractivity (Wildman–Crippen MR) is 61.0 cm³/mol. The van der Waals surface area contributed by atoms with Crippen LogP contribution in [0.25, 0.3) is 0 Å². The van der Waals surface area contributed by atoms with Gasteiger partial charge in [0, 0.05) is 6.20 Å². The lowest BCUT2D eigenvalue weighted by molar-refractivity contribution is 0.390. The third kappa shape index (κ3) is 2.28. The van der Waals surface area contributed by atoms with Crippen LogP contribution in [0.1, 0.15) is 11.5 Å². The van der Waals surface area contributed by atoms with Crippen molar-refractivity contribution in [2.75, 3.05) is 4.72 Å². The number of pyridine rings is 1. The van der Waals surface area contributed by atoms with E-state index in [2.05, 4.69) is 14.9 Å². The Bertz CT molecular complexity index is 600. The van der Waals surface area contributed by atoms with Gasteiger partial charge >= 0.3 is 0 Å². The molecule has 0 amide bonds. The molecule has 6 nitrogen and oxygen atoms in total. The minimum Gasteiger partial charge on any atom is -0.360 e. The lowest BCUT2D eigenvalue weighted by Crippen LogP contribution is -2.14. The number of anilines is 1. The molecule has 7 heteroatoms. The Balaban J connectivity index is 2.39. The summed E-state index contributed by atoms with van der Waals surface area (Å²) in [5.41, 5.74) is 0.728. The molecule has 1 N–H and O–H groups in total. The van der Waals surface area contributed by atoms with Crippen LogP contribution in [-0.2, 0) is 10.0 Å². The number of sulfonamides is 1. The number of aryl methyl sites for hydroxylation is 2. The Morgan fingerprint density at radius 2 is 2.12 bits per heavy atom. The van der Waals surface area contributed by atoms with Crippen LogP contribution in [0, 0.1) is 13.8 Å². The van der Waals surface area contributed by atoms with Gasteiger partial charge in [-0.3, -0.25) is 9.71 Å². The van der Waals surface area contributed by atoms with Gasteiger partial charge < -0.3 is 4.52 Å². The maximum Gasteiger partial charge on any atom is 0.267 e. The highest BCUT2D eigenvalue weighted by atomic mass is 32.2. The molecule has 17 heavy (non-hydrogen) atoms. The molecule has 0 aliphatic rings. The minimum absolute atomic E-state index is 0.0707. The molecule has 0 fully saturated rings. The van der Waals surface area contributed by atoms with Crippen LogP contribution >= 0.6 is 0 Å². The van der Waals surface area contributed by atoms with E-state index < -0.39 is 10.0 Å². The number of hydrogen-bond donors (Lipinski definition) is 1. The van der Waals surface area contributed by atoms with Gasteiger partial charge in [-0.2, -0.15) is 0 Å². The zero-order valence-corrected chi connectivity index (χ0v) is 10.2. The van der Waals surface area contributed by atoms with E-state index >= 15 is 0 Å². The van der Waals surface area contributed by atoms with E-state index in [9.17, 15) is 8.42 Å². The molecule has 90 valence electrons. The second kappa shape index (κ2) is 4.17. The zero-order chi connectivity index (χ0) is 12.5. The number of aromatic nitrogens is 2. The van der Waals surface area contributed by atoms with Crippen molar-refractivity contribution in [1.29, 1.82) is 0 Å². The summed E-state index contributed by atoms with van der Waals surface area (Å²) >= 11 is 0. The molecule has 0 spiro atoms. The summed E-state index contributed by atoms with van der Waals surface area (Å²) in [6.45, 7) is 3.13. The Morgan fingerprint density at radius 1 is 1.35 bits per heavy atom. The Kier molecular flexibility index (Phi) is 2.84. The summed E-state index contributed by atoms with van der Waals surface area (Å²) in [6, 6.07) is 3.26. The standard InChI is InChI=1S/C10H11N3O3S/c1-7-10(8(2)16-12-7)17(14,15)13-9-4-3-5-11-6-9/h3-6,13H,1-2H3. The van der Waals surface area contributed by atoms with Crippen molar-refractivity contribution < 1.29 is 12.9 Å². The SMILES string of the molecule is Cc1noc(C)c1S(=O)(=O)Nc1cccnc1. The first-order chi connectivity index (χ1) is 8.00. The van der Waals surface area contributed by atoms with E-state index in [0.29, 0.717) is 11.4 Å². The minimum atomic E-state index is -3.68. The molecule has 0 unspecified atom stereocenters. The highest BCUT2D eigenvalue weighted by molar-refractivity contribution is 7.92. The van der Waals surface area contributed by atoms with Crippen LogP contribution in [0.3, 0.4) is 0 Å². The molecule has 0 atom stereocenters. The molecule has 2 heterocycles. The molecule has 0 aliphatic heterocycles. The number of nitrogens with zero attached hydrogens (tertiary/aromatic N) is 2. The van der Waals surface area contributed by atoms with E-state index in [4.69, 9.17) is 4.52 Å². The van der Waals surface area contributed by atoms with Crippen molar-refractivity contribution in [2.45, 2.75) is 18.7 Å². The summed E-state index contributed by atoms with van der Waals surface area (Å²) in [4.78, 5) is 3.90. The van der Waals surface area contributed by atoms with E-state index in [1.54, 1.807) is 32.2 Å². The van der Waals surface area contributed by atoms with Gasteiger partial charge in [0.15, 0.2) is 10.7 Å². The van der Waals surface area contributed by atoms with Gasteiger partial charge in [-0.15, -0.1) is 0 Å². The summed E-state index contributed by atoms with van der Waals surface area (Å²) < 4.78 is 31.4. The Labute approximate surface area is 98.7 Å². The average Bonchev–Trinajstić information content (AvgIpc) is 2.59. The average molecular weight is 253 g/mol. The first-order valence-electron chi connectivity index (χ1n) is 4.86. The molecule has 0 aliphatic carbocycles. The van der Waals surface area contributed by atoms with Gasteiger partial charge in [0.25, 0.3) is 10.0 Å². The van der Waals surface area contributed by atoms with Crippen molar-refractivity contribution in [1.82, 2.24) is 10.1 Å². The van der Waals surface area contributed by atoms with Gasteiger partial charge in [-0.05, 0) is 26.0 Å². The largest absolute Gasteiger partial charge is 0.360 e. The molecule has 0 saturated heterocycles. The van der Waals surface area contributed by atoms with Crippen molar-refractivity contribution in [3.8, 4) is 0 Å². The fraction of sp³-hybridized carbons (Fsp3) is 0.200. The van der Waals surface area contributed by atoms with Crippen LogP contribution in [-0.4, -0.2) is 18.6 Å². The molecule has 2 aromatic rings. The zero-order valence-electron chi connectivity index (χ0n) is 9.34. The molecule has 0 saturated carbocycles. The normalized spacial score (nSPS) is 11.4. The molecule has 0 radical (unpaired) electrons. The van der Waals surface area contributed by atoms with E-state index in [1.807, 2.05) is 0 Å². The lowest BCUT2D eigenvalue weighted by atomic mass is 10.4. The van der Waals surface area contributed by atoms with Gasteiger partial charge in [-0.25, -0.2) is 8.42 Å². The Morgan fingerprint density at radius 3 is 2.65 bits per heavy atom. The summed E-state index contributed by atoms with van der Waals surface area (Å²) in [6.07, 6.45) is 2.99. The smallest absolute Gasteiger partial charge is 0.267 e. The summed E-state index contributed by atoms with van der Waals surface area (Å²) in [5.74, 6) is 0.263. The first kappa shape index (κ1) is 11.6. The predicted octanol–water partition coefficient (Wildman–Crippen LogP) is 1.49. The third-order valence-electron chi connectivity index (χ3n) is 2.15. The van der Waals surface area contributed by atoms with Crippen molar-refractivity contribution in [3.63, 3.8) is 0 Å². The quantitative estimate of drug-likeness (QED) is 0.895. The Hall–Kier alpha value is -1.89. The van der Waals surface area contributed by atoms with Crippen LogP contribution < -0.4 is 4.72 Å². The van der Waals surface area contributed by atoms with Crippen LogP contribution in [0.5, 0.6) is 0 Å². The summed E-state index contributed by atoms with van der Waals surface area (Å²) in [5, 5.41) is 3.61. The molecular formula is C10H11N3O3S. The van der Waals surface area contributed by atoms with Crippen molar-refractivity contribution >= 4 is 15.7 Å². The topological polar surface area (TPSA) is 85.1 Å². The maximum absolute atomic E-state index is 12.1. The second-order valence-corrected chi connectivity index (χ2v) is 5.12. The fourth-order valence-electron chi connectivity index (χ4n) is 1.49.